The highest BCUT2D eigenvalue weighted by atomic mass is 16.5. The Balaban J connectivity index is 1.47. The number of nitrogens with one attached hydrogen (secondary N) is 1. The van der Waals surface area contributed by atoms with Crippen molar-refractivity contribution in [1.82, 2.24) is 15.2 Å². The summed E-state index contributed by atoms with van der Waals surface area (Å²) in [6.07, 6.45) is 2.08. The maximum Gasteiger partial charge on any atom is 0.255 e. The normalized spacial score (nSPS) is 15.4. The summed E-state index contributed by atoms with van der Waals surface area (Å²) in [5.74, 6) is 3.21. The summed E-state index contributed by atoms with van der Waals surface area (Å²) in [6.45, 7) is 7.28. The minimum Gasteiger partial charge on any atom is -0.497 e. The number of nitrogens with zero attached hydrogens (tertiary/aromatic N) is 2. The number of amides is 1. The Labute approximate surface area is 166 Å². The largest absolute Gasteiger partial charge is 0.497 e. The van der Waals surface area contributed by atoms with Crippen LogP contribution in [0.4, 0.5) is 0 Å². The number of oxazole rings is 1. The minimum absolute atomic E-state index is 0.118. The van der Waals surface area contributed by atoms with Gasteiger partial charge in [-0.15, -0.1) is 0 Å². The van der Waals surface area contributed by atoms with Gasteiger partial charge in [-0.1, -0.05) is 0 Å². The lowest BCUT2D eigenvalue weighted by Gasteiger charge is -2.31. The molecule has 1 N–H and O–H groups in total. The average molecular weight is 387 g/mol. The van der Waals surface area contributed by atoms with Crippen molar-refractivity contribution in [3.8, 4) is 11.5 Å². The molecule has 0 spiro atoms. The van der Waals surface area contributed by atoms with Crippen LogP contribution in [0.15, 0.2) is 22.6 Å². The second-order valence-corrected chi connectivity index (χ2v) is 7.24. The van der Waals surface area contributed by atoms with E-state index >= 15 is 0 Å². The highest BCUT2D eigenvalue weighted by Crippen LogP contribution is 2.25. The van der Waals surface area contributed by atoms with Gasteiger partial charge in [-0.25, -0.2) is 4.98 Å². The molecule has 0 radical (unpaired) electrons. The molecule has 0 bridgehead atoms. The Hall–Kier alpha value is -2.54. The molecule has 1 aromatic heterocycles. The zero-order valence-corrected chi connectivity index (χ0v) is 17.1. The van der Waals surface area contributed by atoms with Gasteiger partial charge in [0.1, 0.15) is 17.3 Å². The average Bonchev–Trinajstić information content (AvgIpc) is 3.03. The monoisotopic (exact) mass is 387 g/mol. The SMILES string of the molecule is COc1ccc(C(=O)NCC2CCN(Cc3nc(C)c(C)o3)CC2)c(OC)c1. The molecular formula is C21H29N3O4. The van der Waals surface area contributed by atoms with E-state index in [0.29, 0.717) is 29.5 Å². The number of rotatable bonds is 7. The predicted octanol–water partition coefficient (Wildman–Crippen LogP) is 2.95. The Bertz CT molecular complexity index is 790. The molecule has 1 fully saturated rings. The van der Waals surface area contributed by atoms with Gasteiger partial charge < -0.3 is 19.2 Å². The van der Waals surface area contributed by atoms with E-state index in [1.807, 2.05) is 13.8 Å². The zero-order valence-electron chi connectivity index (χ0n) is 17.1. The molecule has 0 atom stereocenters. The summed E-state index contributed by atoms with van der Waals surface area (Å²) in [7, 11) is 3.14. The van der Waals surface area contributed by atoms with Crippen LogP contribution in [0.25, 0.3) is 0 Å². The fourth-order valence-electron chi connectivity index (χ4n) is 3.47. The van der Waals surface area contributed by atoms with Crippen molar-refractivity contribution in [2.45, 2.75) is 33.2 Å². The molecule has 1 amide bonds. The number of aryl methyl sites for hydroxylation is 2. The smallest absolute Gasteiger partial charge is 0.255 e. The topological polar surface area (TPSA) is 76.8 Å². The fourth-order valence-corrected chi connectivity index (χ4v) is 3.47. The third kappa shape index (κ3) is 4.84. The molecule has 2 heterocycles. The van der Waals surface area contributed by atoms with E-state index in [4.69, 9.17) is 13.9 Å². The molecule has 0 unspecified atom stereocenters. The van der Waals surface area contributed by atoms with Gasteiger partial charge in [-0.3, -0.25) is 9.69 Å². The van der Waals surface area contributed by atoms with Gasteiger partial charge in [-0.05, 0) is 57.8 Å². The Morgan fingerprint density at radius 3 is 2.61 bits per heavy atom. The van der Waals surface area contributed by atoms with Crippen molar-refractivity contribution >= 4 is 5.91 Å². The number of benzene rings is 1. The molecule has 2 aromatic rings. The number of ether oxygens (including phenoxy) is 2. The highest BCUT2D eigenvalue weighted by Gasteiger charge is 2.22. The first-order chi connectivity index (χ1) is 13.5. The molecule has 28 heavy (non-hydrogen) atoms. The zero-order chi connectivity index (χ0) is 20.1. The van der Waals surface area contributed by atoms with Crippen LogP contribution in [0.3, 0.4) is 0 Å². The molecule has 1 aromatic carbocycles. The summed E-state index contributed by atoms with van der Waals surface area (Å²) >= 11 is 0. The maximum absolute atomic E-state index is 12.5. The first kappa shape index (κ1) is 20.2. The highest BCUT2D eigenvalue weighted by molar-refractivity contribution is 5.97. The molecule has 7 nitrogen and oxygen atoms in total. The summed E-state index contributed by atoms with van der Waals surface area (Å²) in [4.78, 5) is 19.4. The number of hydrogen-bond donors (Lipinski definition) is 1. The van der Waals surface area contributed by atoms with Crippen molar-refractivity contribution in [2.75, 3.05) is 33.9 Å². The van der Waals surface area contributed by atoms with Crippen LogP contribution in [-0.4, -0.2) is 49.6 Å². The number of aromatic nitrogens is 1. The molecular weight excluding hydrogens is 358 g/mol. The number of likely N-dealkylation sites (tertiary alicyclic amines) is 1. The number of methoxy groups -OCH3 is 2. The lowest BCUT2D eigenvalue weighted by atomic mass is 9.96. The van der Waals surface area contributed by atoms with Gasteiger partial charge in [0.05, 0.1) is 32.0 Å². The molecule has 0 saturated carbocycles. The van der Waals surface area contributed by atoms with Crippen molar-refractivity contribution in [2.24, 2.45) is 5.92 Å². The molecule has 7 heteroatoms. The van der Waals surface area contributed by atoms with Gasteiger partial charge in [0.25, 0.3) is 5.91 Å². The van der Waals surface area contributed by atoms with E-state index in [1.165, 1.54) is 0 Å². The van der Waals surface area contributed by atoms with E-state index < -0.39 is 0 Å². The van der Waals surface area contributed by atoms with Crippen molar-refractivity contribution < 1.29 is 18.7 Å². The predicted molar refractivity (Wildman–Crippen MR) is 106 cm³/mol. The van der Waals surface area contributed by atoms with Crippen LogP contribution >= 0.6 is 0 Å². The van der Waals surface area contributed by atoms with Gasteiger partial charge in [0.15, 0.2) is 0 Å². The van der Waals surface area contributed by atoms with Gasteiger partial charge in [-0.2, -0.15) is 0 Å². The van der Waals surface area contributed by atoms with Crippen LogP contribution in [0.5, 0.6) is 11.5 Å². The Kier molecular flexibility index (Phi) is 6.57. The molecule has 3 rings (SSSR count). The molecule has 152 valence electrons. The van der Waals surface area contributed by atoms with Crippen molar-refractivity contribution in [3.05, 3.63) is 41.1 Å². The summed E-state index contributed by atoms with van der Waals surface area (Å²) in [5.41, 5.74) is 1.48. The number of hydrogen-bond acceptors (Lipinski definition) is 6. The number of carbonyl (C=O) groups is 1. The quantitative estimate of drug-likeness (QED) is 0.787. The Morgan fingerprint density at radius 1 is 1.25 bits per heavy atom. The van der Waals surface area contributed by atoms with Crippen molar-refractivity contribution in [1.29, 1.82) is 0 Å². The van der Waals surface area contributed by atoms with Crippen molar-refractivity contribution in [3.63, 3.8) is 0 Å². The number of piperidine rings is 1. The standard InChI is InChI=1S/C21H29N3O4/c1-14-15(2)28-20(23-14)13-24-9-7-16(8-10-24)12-22-21(25)18-6-5-17(26-3)11-19(18)27-4/h5-6,11,16H,7-10,12-13H2,1-4H3,(H,22,25). The fraction of sp³-hybridized carbons (Fsp3) is 0.524. The third-order valence-electron chi connectivity index (χ3n) is 5.34. The third-order valence-corrected chi connectivity index (χ3v) is 5.34. The van der Waals surface area contributed by atoms with E-state index in [-0.39, 0.29) is 5.91 Å². The van der Waals surface area contributed by atoms with E-state index in [1.54, 1.807) is 32.4 Å². The van der Waals surface area contributed by atoms with Crippen LogP contribution < -0.4 is 14.8 Å². The summed E-state index contributed by atoms with van der Waals surface area (Å²) in [6, 6.07) is 5.22. The van der Waals surface area contributed by atoms with E-state index in [9.17, 15) is 4.79 Å². The van der Waals surface area contributed by atoms with E-state index in [2.05, 4.69) is 15.2 Å². The second kappa shape index (κ2) is 9.10. The molecule has 1 saturated heterocycles. The Morgan fingerprint density at radius 2 is 2.00 bits per heavy atom. The lowest BCUT2D eigenvalue weighted by Crippen LogP contribution is -2.38. The lowest BCUT2D eigenvalue weighted by molar-refractivity contribution is 0.0930. The number of carbonyl (C=O) groups excluding carboxylic acids is 1. The molecule has 1 aliphatic heterocycles. The molecule has 0 aliphatic carbocycles. The van der Waals surface area contributed by atoms with Crippen LogP contribution in [-0.2, 0) is 6.54 Å². The van der Waals surface area contributed by atoms with Gasteiger partial charge in [0.2, 0.25) is 5.89 Å². The van der Waals surface area contributed by atoms with Gasteiger partial charge >= 0.3 is 0 Å². The second-order valence-electron chi connectivity index (χ2n) is 7.24. The van der Waals surface area contributed by atoms with Crippen LogP contribution in [0.2, 0.25) is 0 Å². The first-order valence-corrected chi connectivity index (χ1v) is 9.65. The summed E-state index contributed by atoms with van der Waals surface area (Å²) < 4.78 is 16.2. The van der Waals surface area contributed by atoms with Crippen LogP contribution in [0.1, 0.15) is 40.5 Å². The minimum atomic E-state index is -0.118. The first-order valence-electron chi connectivity index (χ1n) is 9.65. The van der Waals surface area contributed by atoms with Gasteiger partial charge in [0, 0.05) is 12.6 Å². The van der Waals surface area contributed by atoms with Crippen LogP contribution in [0, 0.1) is 19.8 Å². The van der Waals surface area contributed by atoms with E-state index in [0.717, 1.165) is 49.8 Å². The molecule has 1 aliphatic rings. The summed E-state index contributed by atoms with van der Waals surface area (Å²) in [5, 5.41) is 3.05. The maximum atomic E-state index is 12.5.